The zero-order chi connectivity index (χ0) is 8.01. The van der Waals surface area contributed by atoms with E-state index < -0.39 is 0 Å². The number of hydrogen-bond acceptors (Lipinski definition) is 3. The van der Waals surface area contributed by atoms with Gasteiger partial charge in [-0.05, 0) is 12.4 Å². The summed E-state index contributed by atoms with van der Waals surface area (Å²) in [4.78, 5) is 15.8. The van der Waals surface area contributed by atoms with Gasteiger partial charge in [0.05, 0.1) is 0 Å². The fourth-order valence-corrected chi connectivity index (χ4v) is 1.05. The van der Waals surface area contributed by atoms with Gasteiger partial charge in [0.15, 0.2) is 5.91 Å². The molecule has 0 N–H and O–H groups in total. The SMILES string of the molecule is CN1C=C2C(=[C-]N=C2[O-])C1=O. The van der Waals surface area contributed by atoms with Crippen LogP contribution in [0.4, 0.5) is 0 Å². The maximum absolute atomic E-state index is 11.1. The van der Waals surface area contributed by atoms with Gasteiger partial charge in [-0.1, -0.05) is 5.57 Å². The Labute approximate surface area is 63.1 Å². The average Bonchev–Trinajstić information content (AvgIpc) is 2.43. The third-order valence-electron chi connectivity index (χ3n) is 1.63. The van der Waals surface area contributed by atoms with Crippen molar-refractivity contribution in [2.75, 3.05) is 7.05 Å². The van der Waals surface area contributed by atoms with Gasteiger partial charge in [0.2, 0.25) is 0 Å². The minimum atomic E-state index is -0.377. The standard InChI is InChI=1S/C7H5N2O2/c1-9-3-5-4(7(9)11)2-8-6(5)10/h3H,1H3,(H,8,10)/q-1/p-1. The molecule has 4 nitrogen and oxygen atoms in total. The van der Waals surface area contributed by atoms with Crippen LogP contribution >= 0.6 is 0 Å². The summed E-state index contributed by atoms with van der Waals surface area (Å²) in [6.45, 7) is 0. The first-order chi connectivity index (χ1) is 5.20. The van der Waals surface area contributed by atoms with Crippen molar-refractivity contribution in [2.45, 2.75) is 0 Å². The van der Waals surface area contributed by atoms with Crippen molar-refractivity contribution >= 4 is 11.8 Å². The molecule has 0 aromatic rings. The van der Waals surface area contributed by atoms with Crippen molar-refractivity contribution in [1.29, 1.82) is 0 Å². The molecule has 0 aromatic heterocycles. The van der Waals surface area contributed by atoms with Crippen molar-refractivity contribution in [3.8, 4) is 0 Å². The number of amides is 1. The number of likely N-dealkylation sites (N-methyl/N-ethyl adjacent to an activating group) is 1. The van der Waals surface area contributed by atoms with E-state index in [1.54, 1.807) is 7.05 Å². The molecule has 56 valence electrons. The van der Waals surface area contributed by atoms with E-state index in [-0.39, 0.29) is 17.4 Å². The van der Waals surface area contributed by atoms with E-state index in [4.69, 9.17) is 0 Å². The quantitative estimate of drug-likeness (QED) is 0.405. The molecule has 11 heavy (non-hydrogen) atoms. The fraction of sp³-hybridized carbons (Fsp3) is 0.143. The first kappa shape index (κ1) is 6.15. The Morgan fingerprint density at radius 2 is 2.45 bits per heavy atom. The monoisotopic (exact) mass is 148 g/mol. The molecule has 0 unspecified atom stereocenters. The highest BCUT2D eigenvalue weighted by atomic mass is 16.3. The van der Waals surface area contributed by atoms with Crippen LogP contribution in [-0.2, 0) is 4.79 Å². The van der Waals surface area contributed by atoms with Crippen LogP contribution in [0.3, 0.4) is 0 Å². The summed E-state index contributed by atoms with van der Waals surface area (Å²) in [5.41, 5.74) is 0.648. The lowest BCUT2D eigenvalue weighted by atomic mass is 10.2. The second kappa shape index (κ2) is 1.72. The highest BCUT2D eigenvalue weighted by molar-refractivity contribution is 6.14. The number of carbonyl (C=O) groups excluding carboxylic acids is 1. The van der Waals surface area contributed by atoms with E-state index in [0.29, 0.717) is 5.57 Å². The largest absolute Gasteiger partial charge is 0.907 e. The Hall–Kier alpha value is -1.58. The highest BCUT2D eigenvalue weighted by Crippen LogP contribution is 2.24. The molecule has 0 saturated heterocycles. The molecular formula is C7H4N2O2-2. The summed E-state index contributed by atoms with van der Waals surface area (Å²) in [6, 6.07) is 0. The Morgan fingerprint density at radius 1 is 1.73 bits per heavy atom. The Kier molecular flexibility index (Phi) is 0.961. The van der Waals surface area contributed by atoms with Crippen LogP contribution in [-0.4, -0.2) is 23.8 Å². The molecule has 4 heteroatoms. The summed E-state index contributed by atoms with van der Waals surface area (Å²) in [7, 11) is 1.59. The highest BCUT2D eigenvalue weighted by Gasteiger charge is 2.17. The van der Waals surface area contributed by atoms with Crippen LogP contribution in [0.15, 0.2) is 22.3 Å². The van der Waals surface area contributed by atoms with E-state index in [9.17, 15) is 9.90 Å². The molecule has 2 heterocycles. The average molecular weight is 148 g/mol. The molecule has 0 aromatic carbocycles. The van der Waals surface area contributed by atoms with Gasteiger partial charge < -0.3 is 19.8 Å². The molecular weight excluding hydrogens is 144 g/mol. The lowest BCUT2D eigenvalue weighted by Gasteiger charge is -2.13. The second-order valence-electron chi connectivity index (χ2n) is 2.36. The number of nitrogens with zero attached hydrogens (tertiary/aromatic N) is 2. The molecule has 0 radical (unpaired) electrons. The minimum Gasteiger partial charge on any atom is -0.907 e. The first-order valence-corrected chi connectivity index (χ1v) is 3.07. The van der Waals surface area contributed by atoms with Crippen LogP contribution in [0.25, 0.3) is 0 Å². The van der Waals surface area contributed by atoms with Crippen LogP contribution in [0, 0.1) is 6.20 Å². The molecule has 0 fully saturated rings. The van der Waals surface area contributed by atoms with E-state index in [2.05, 4.69) is 11.2 Å². The number of fused-ring (bicyclic) bond motifs is 1. The van der Waals surface area contributed by atoms with Gasteiger partial charge in [-0.25, -0.2) is 0 Å². The molecule has 0 atom stereocenters. The molecule has 2 rings (SSSR count). The van der Waals surface area contributed by atoms with Crippen molar-refractivity contribution < 1.29 is 9.90 Å². The number of carbonyl (C=O) groups is 1. The van der Waals surface area contributed by atoms with Crippen LogP contribution in [0.2, 0.25) is 0 Å². The first-order valence-electron chi connectivity index (χ1n) is 3.07. The topological polar surface area (TPSA) is 55.7 Å². The van der Waals surface area contributed by atoms with Crippen LogP contribution < -0.4 is 5.11 Å². The maximum atomic E-state index is 11.1. The number of aliphatic imine (C=N–C) groups is 1. The van der Waals surface area contributed by atoms with Gasteiger partial charge in [0, 0.05) is 7.05 Å². The van der Waals surface area contributed by atoms with E-state index in [1.807, 2.05) is 0 Å². The summed E-state index contributed by atoms with van der Waals surface area (Å²) >= 11 is 0. The van der Waals surface area contributed by atoms with Crippen LogP contribution in [0.5, 0.6) is 0 Å². The molecule has 0 spiro atoms. The number of rotatable bonds is 0. The van der Waals surface area contributed by atoms with Crippen molar-refractivity contribution in [3.05, 3.63) is 23.5 Å². The predicted molar refractivity (Wildman–Crippen MR) is 35.0 cm³/mol. The lowest BCUT2D eigenvalue weighted by Crippen LogP contribution is -2.17. The van der Waals surface area contributed by atoms with Gasteiger partial charge >= 0.3 is 0 Å². The van der Waals surface area contributed by atoms with E-state index >= 15 is 0 Å². The van der Waals surface area contributed by atoms with Crippen LogP contribution in [0.1, 0.15) is 0 Å². The molecule has 0 bridgehead atoms. The fourth-order valence-electron chi connectivity index (χ4n) is 1.05. The molecule has 2 aliphatic rings. The minimum absolute atomic E-state index is 0.213. The summed E-state index contributed by atoms with van der Waals surface area (Å²) in [6.07, 6.45) is 3.86. The second-order valence-corrected chi connectivity index (χ2v) is 2.36. The third-order valence-corrected chi connectivity index (χ3v) is 1.63. The van der Waals surface area contributed by atoms with Crippen molar-refractivity contribution in [2.24, 2.45) is 4.99 Å². The van der Waals surface area contributed by atoms with Crippen molar-refractivity contribution in [1.82, 2.24) is 4.90 Å². The molecule has 2 aliphatic heterocycles. The molecule has 1 amide bonds. The van der Waals surface area contributed by atoms with Gasteiger partial charge in [0.25, 0.3) is 0 Å². The lowest BCUT2D eigenvalue weighted by molar-refractivity contribution is -0.212. The van der Waals surface area contributed by atoms with Gasteiger partial charge in [-0.15, -0.1) is 11.5 Å². The zero-order valence-electron chi connectivity index (χ0n) is 5.79. The number of hydrogen-bond donors (Lipinski definition) is 0. The smallest absolute Gasteiger partial charge is 0.172 e. The van der Waals surface area contributed by atoms with Gasteiger partial charge in [-0.3, -0.25) is 0 Å². The summed E-state index contributed by atoms with van der Waals surface area (Å²) < 4.78 is 0. The van der Waals surface area contributed by atoms with E-state index in [1.165, 1.54) is 11.1 Å². The molecule has 0 aliphatic carbocycles. The predicted octanol–water partition coefficient (Wildman–Crippen LogP) is -1.20. The zero-order valence-corrected chi connectivity index (χ0v) is 5.79. The van der Waals surface area contributed by atoms with Crippen molar-refractivity contribution in [3.63, 3.8) is 0 Å². The van der Waals surface area contributed by atoms with Gasteiger partial charge in [-0.2, -0.15) is 0 Å². The Morgan fingerprint density at radius 3 is 3.09 bits per heavy atom. The Balaban J connectivity index is 2.50. The molecule has 0 saturated carbocycles. The van der Waals surface area contributed by atoms with E-state index in [0.717, 1.165) is 0 Å². The Bertz CT molecular complexity index is 325. The summed E-state index contributed by atoms with van der Waals surface area (Å²) in [5.74, 6) is -0.590. The maximum Gasteiger partial charge on any atom is 0.172 e. The third kappa shape index (κ3) is 0.633. The van der Waals surface area contributed by atoms with Gasteiger partial charge in [0.1, 0.15) is 0 Å². The normalized spacial score (nSPS) is 21.4. The summed E-state index contributed by atoms with van der Waals surface area (Å²) in [5, 5.41) is 10.8.